The van der Waals surface area contributed by atoms with Gasteiger partial charge in [-0.1, -0.05) is 6.07 Å². The van der Waals surface area contributed by atoms with Crippen LogP contribution in [0.5, 0.6) is 0 Å². The van der Waals surface area contributed by atoms with E-state index in [1.165, 1.54) is 11.3 Å². The highest BCUT2D eigenvalue weighted by atomic mass is 32.1. The molecule has 24 heavy (non-hydrogen) atoms. The van der Waals surface area contributed by atoms with Gasteiger partial charge in [0.2, 0.25) is 0 Å². The van der Waals surface area contributed by atoms with Crippen molar-refractivity contribution in [2.45, 2.75) is 0 Å². The lowest BCUT2D eigenvalue weighted by Crippen LogP contribution is -2.39. The fraction of sp³-hybridized carbons (Fsp3) is 0.214. The predicted octanol–water partition coefficient (Wildman–Crippen LogP) is 1.31. The molecule has 0 radical (unpaired) electrons. The van der Waals surface area contributed by atoms with Crippen LogP contribution in [-0.4, -0.2) is 52.6 Å². The summed E-state index contributed by atoms with van der Waals surface area (Å²) in [6.07, 6.45) is 0.973. The first-order valence-electron chi connectivity index (χ1n) is 7.02. The van der Waals surface area contributed by atoms with Crippen molar-refractivity contribution in [3.05, 3.63) is 29.8 Å². The van der Waals surface area contributed by atoms with E-state index >= 15 is 0 Å². The first kappa shape index (κ1) is 15.9. The van der Waals surface area contributed by atoms with E-state index in [1.807, 2.05) is 18.2 Å². The maximum atomic E-state index is 11.8. The summed E-state index contributed by atoms with van der Waals surface area (Å²) in [4.78, 5) is 43.8. The Balaban J connectivity index is 1.48. The Morgan fingerprint density at radius 1 is 1.33 bits per heavy atom. The standard InChI is InChI=1S/C14H13N5O4S/c20-11-7-23-14(22)19(11)6-5-16-12(21)18-13-17-10(8-24-13)9-3-1-2-4-15-9/h1-4,8H,5-7H2,(H2,16,17,18,21). The largest absolute Gasteiger partial charge is 0.439 e. The number of cyclic esters (lactones) is 1. The Morgan fingerprint density at radius 3 is 2.92 bits per heavy atom. The average molecular weight is 347 g/mol. The Hall–Kier alpha value is -3.01. The van der Waals surface area contributed by atoms with Gasteiger partial charge in [0.1, 0.15) is 5.69 Å². The first-order valence-corrected chi connectivity index (χ1v) is 7.90. The Morgan fingerprint density at radius 2 is 2.21 bits per heavy atom. The van der Waals surface area contributed by atoms with Gasteiger partial charge in [-0.15, -0.1) is 11.3 Å². The summed E-state index contributed by atoms with van der Waals surface area (Å²) < 4.78 is 4.57. The van der Waals surface area contributed by atoms with E-state index in [2.05, 4.69) is 25.3 Å². The number of nitrogens with zero attached hydrogens (tertiary/aromatic N) is 3. The second-order valence-corrected chi connectivity index (χ2v) is 5.59. The normalized spacial score (nSPS) is 13.8. The number of urea groups is 1. The summed E-state index contributed by atoms with van der Waals surface area (Å²) in [7, 11) is 0. The molecule has 124 valence electrons. The Kier molecular flexibility index (Phi) is 4.66. The molecule has 9 nitrogen and oxygen atoms in total. The van der Waals surface area contributed by atoms with Crippen LogP contribution in [0.3, 0.4) is 0 Å². The van der Waals surface area contributed by atoms with Crippen LogP contribution in [0.25, 0.3) is 11.4 Å². The van der Waals surface area contributed by atoms with Gasteiger partial charge in [0, 0.05) is 24.7 Å². The minimum atomic E-state index is -0.692. The van der Waals surface area contributed by atoms with Crippen molar-refractivity contribution in [1.82, 2.24) is 20.2 Å². The average Bonchev–Trinajstić information content (AvgIpc) is 3.17. The van der Waals surface area contributed by atoms with E-state index in [0.29, 0.717) is 16.5 Å². The van der Waals surface area contributed by atoms with Crippen LogP contribution >= 0.6 is 11.3 Å². The summed E-state index contributed by atoms with van der Waals surface area (Å²) in [6.45, 7) is -0.0757. The highest BCUT2D eigenvalue weighted by Crippen LogP contribution is 2.22. The van der Waals surface area contributed by atoms with Gasteiger partial charge in [0.15, 0.2) is 11.7 Å². The molecule has 3 heterocycles. The molecule has 4 amide bonds. The fourth-order valence-electron chi connectivity index (χ4n) is 1.98. The Labute approximate surface area is 140 Å². The van der Waals surface area contributed by atoms with Crippen LogP contribution in [0.2, 0.25) is 0 Å². The maximum absolute atomic E-state index is 11.8. The van der Waals surface area contributed by atoms with E-state index in [4.69, 9.17) is 0 Å². The third-order valence-corrected chi connectivity index (χ3v) is 3.87. The second-order valence-electron chi connectivity index (χ2n) is 4.73. The number of carbonyl (C=O) groups excluding carboxylic acids is 3. The lowest BCUT2D eigenvalue weighted by molar-refractivity contribution is -0.125. The minimum absolute atomic E-state index is 0.0577. The van der Waals surface area contributed by atoms with E-state index in [9.17, 15) is 14.4 Å². The number of thiazole rings is 1. The van der Waals surface area contributed by atoms with Crippen LogP contribution in [0.15, 0.2) is 29.8 Å². The highest BCUT2D eigenvalue weighted by Gasteiger charge is 2.30. The summed E-state index contributed by atoms with van der Waals surface area (Å²) in [5.41, 5.74) is 1.38. The molecule has 2 aromatic heterocycles. The van der Waals surface area contributed by atoms with Crippen molar-refractivity contribution in [2.24, 2.45) is 0 Å². The van der Waals surface area contributed by atoms with Crippen molar-refractivity contribution in [2.75, 3.05) is 25.0 Å². The van der Waals surface area contributed by atoms with E-state index < -0.39 is 18.0 Å². The molecule has 0 aromatic carbocycles. The number of ether oxygens (including phenoxy) is 1. The number of nitrogens with one attached hydrogen (secondary N) is 2. The number of pyridine rings is 1. The molecule has 3 rings (SSSR count). The van der Waals surface area contributed by atoms with Crippen molar-refractivity contribution in [1.29, 1.82) is 0 Å². The molecule has 0 unspecified atom stereocenters. The van der Waals surface area contributed by atoms with Gasteiger partial charge in [0.25, 0.3) is 5.91 Å². The number of anilines is 1. The molecule has 0 atom stereocenters. The summed E-state index contributed by atoms with van der Waals surface area (Å²) in [6, 6.07) is 5.01. The number of carbonyl (C=O) groups is 3. The number of hydrogen-bond donors (Lipinski definition) is 2. The molecular weight excluding hydrogens is 334 g/mol. The molecule has 0 aliphatic carbocycles. The van der Waals surface area contributed by atoms with Crippen molar-refractivity contribution in [3.63, 3.8) is 0 Å². The zero-order valence-electron chi connectivity index (χ0n) is 12.4. The van der Waals surface area contributed by atoms with Crippen LogP contribution < -0.4 is 10.6 Å². The molecule has 2 N–H and O–H groups in total. The van der Waals surface area contributed by atoms with Crippen molar-refractivity contribution in [3.8, 4) is 11.4 Å². The Bertz CT molecular complexity index is 748. The molecule has 1 saturated heterocycles. The van der Waals surface area contributed by atoms with Gasteiger partial charge in [-0.25, -0.2) is 19.5 Å². The topological polar surface area (TPSA) is 114 Å². The van der Waals surface area contributed by atoms with Gasteiger partial charge in [-0.2, -0.15) is 0 Å². The lowest BCUT2D eigenvalue weighted by Gasteiger charge is -2.11. The maximum Gasteiger partial charge on any atom is 0.417 e. The monoisotopic (exact) mass is 347 g/mol. The van der Waals surface area contributed by atoms with E-state index in [-0.39, 0.29) is 19.7 Å². The number of rotatable bonds is 5. The molecule has 1 fully saturated rings. The smallest absolute Gasteiger partial charge is 0.417 e. The molecule has 10 heteroatoms. The molecule has 0 bridgehead atoms. The van der Waals surface area contributed by atoms with Crippen LogP contribution in [0, 0.1) is 0 Å². The summed E-state index contributed by atoms with van der Waals surface area (Å²) in [5.74, 6) is -0.415. The third-order valence-electron chi connectivity index (χ3n) is 3.11. The molecule has 0 spiro atoms. The zero-order valence-corrected chi connectivity index (χ0v) is 13.2. The van der Waals surface area contributed by atoms with Gasteiger partial charge in [-0.05, 0) is 12.1 Å². The summed E-state index contributed by atoms with van der Waals surface area (Å²) in [5, 5.41) is 7.35. The third kappa shape index (κ3) is 3.66. The van der Waals surface area contributed by atoms with Crippen LogP contribution in [-0.2, 0) is 9.53 Å². The molecule has 1 aliphatic rings. The fourth-order valence-corrected chi connectivity index (χ4v) is 2.68. The molecule has 2 aromatic rings. The number of hydrogen-bond acceptors (Lipinski definition) is 7. The molecular formula is C14H13N5O4S. The van der Waals surface area contributed by atoms with Crippen LogP contribution in [0.4, 0.5) is 14.7 Å². The predicted molar refractivity (Wildman–Crippen MR) is 85.4 cm³/mol. The zero-order chi connectivity index (χ0) is 16.9. The second kappa shape index (κ2) is 7.04. The number of aromatic nitrogens is 2. The van der Waals surface area contributed by atoms with Crippen LogP contribution in [0.1, 0.15) is 0 Å². The van der Waals surface area contributed by atoms with Crippen molar-refractivity contribution >= 4 is 34.5 Å². The van der Waals surface area contributed by atoms with E-state index in [0.717, 1.165) is 4.90 Å². The van der Waals surface area contributed by atoms with E-state index in [1.54, 1.807) is 11.6 Å². The van der Waals surface area contributed by atoms with Gasteiger partial charge in [-0.3, -0.25) is 15.1 Å². The summed E-state index contributed by atoms with van der Waals surface area (Å²) >= 11 is 1.27. The molecule has 0 saturated carbocycles. The van der Waals surface area contributed by atoms with Crippen molar-refractivity contribution < 1.29 is 19.1 Å². The number of amides is 4. The minimum Gasteiger partial charge on any atom is -0.439 e. The number of imide groups is 1. The van der Waals surface area contributed by atoms with Gasteiger partial charge in [0.05, 0.1) is 5.69 Å². The quantitative estimate of drug-likeness (QED) is 0.843. The van der Waals surface area contributed by atoms with Gasteiger partial charge >= 0.3 is 12.1 Å². The lowest BCUT2D eigenvalue weighted by atomic mass is 10.3. The molecule has 1 aliphatic heterocycles. The van der Waals surface area contributed by atoms with Gasteiger partial charge < -0.3 is 10.1 Å². The first-order chi connectivity index (χ1) is 11.6. The SMILES string of the molecule is O=C(NCCN1C(=O)COC1=O)Nc1nc(-c2ccccn2)cs1. The highest BCUT2D eigenvalue weighted by molar-refractivity contribution is 7.14.